The molecule has 0 spiro atoms. The van der Waals surface area contributed by atoms with Gasteiger partial charge in [0, 0.05) is 24.8 Å². The molecule has 2 aromatic heterocycles. The summed E-state index contributed by atoms with van der Waals surface area (Å²) in [4.78, 5) is 29.1. The molecule has 2 amide bonds. The van der Waals surface area contributed by atoms with Crippen molar-refractivity contribution in [2.45, 2.75) is 26.7 Å². The molecule has 8 heteroatoms. The van der Waals surface area contributed by atoms with Crippen molar-refractivity contribution >= 4 is 11.8 Å². The first-order valence-electron chi connectivity index (χ1n) is 9.70. The van der Waals surface area contributed by atoms with E-state index in [2.05, 4.69) is 20.7 Å². The van der Waals surface area contributed by atoms with Gasteiger partial charge in [0.2, 0.25) is 0 Å². The number of carbonyl (C=O) groups is 2. The number of hydrogen-bond donors (Lipinski definition) is 2. The molecule has 0 unspecified atom stereocenters. The second-order valence-corrected chi connectivity index (χ2v) is 7.17. The summed E-state index contributed by atoms with van der Waals surface area (Å²) in [6.45, 7) is 6.03. The van der Waals surface area contributed by atoms with Gasteiger partial charge in [0.25, 0.3) is 11.8 Å². The molecular formula is C22H24FN5O2. The quantitative estimate of drug-likeness (QED) is 0.587. The molecule has 3 aromatic rings. The van der Waals surface area contributed by atoms with Gasteiger partial charge in [-0.25, -0.2) is 14.1 Å². The number of carbonyl (C=O) groups excluding carboxylic acids is 2. The average Bonchev–Trinajstić information content (AvgIpc) is 3.19. The third-order valence-corrected chi connectivity index (χ3v) is 4.59. The van der Waals surface area contributed by atoms with Crippen molar-refractivity contribution in [3.05, 3.63) is 77.0 Å². The molecular weight excluding hydrogens is 385 g/mol. The Morgan fingerprint density at radius 3 is 2.47 bits per heavy atom. The van der Waals surface area contributed by atoms with Crippen LogP contribution >= 0.6 is 0 Å². The van der Waals surface area contributed by atoms with Crippen molar-refractivity contribution in [2.75, 3.05) is 13.1 Å². The van der Waals surface area contributed by atoms with Crippen LogP contribution in [0, 0.1) is 12.7 Å². The van der Waals surface area contributed by atoms with E-state index in [1.165, 1.54) is 12.3 Å². The smallest absolute Gasteiger partial charge is 0.254 e. The normalized spacial score (nSPS) is 10.8. The first-order valence-corrected chi connectivity index (χ1v) is 9.70. The van der Waals surface area contributed by atoms with Crippen LogP contribution in [0.25, 0.3) is 5.82 Å². The summed E-state index contributed by atoms with van der Waals surface area (Å²) < 4.78 is 15.3. The number of pyridine rings is 1. The Hall–Kier alpha value is -3.55. The van der Waals surface area contributed by atoms with E-state index >= 15 is 0 Å². The Balaban J connectivity index is 1.60. The second kappa shape index (κ2) is 9.30. The zero-order valence-corrected chi connectivity index (χ0v) is 17.1. The number of amides is 2. The van der Waals surface area contributed by atoms with Crippen LogP contribution in [-0.2, 0) is 0 Å². The summed E-state index contributed by atoms with van der Waals surface area (Å²) >= 11 is 0. The van der Waals surface area contributed by atoms with Gasteiger partial charge in [0.05, 0.1) is 17.5 Å². The lowest BCUT2D eigenvalue weighted by molar-refractivity contribution is 0.0927. The fourth-order valence-electron chi connectivity index (χ4n) is 3.03. The summed E-state index contributed by atoms with van der Waals surface area (Å²) in [7, 11) is 0. The zero-order valence-electron chi connectivity index (χ0n) is 17.1. The van der Waals surface area contributed by atoms with Crippen LogP contribution in [-0.4, -0.2) is 39.7 Å². The maximum atomic E-state index is 13.6. The number of aromatic nitrogens is 3. The molecule has 0 aliphatic carbocycles. The molecule has 2 N–H and O–H groups in total. The Morgan fingerprint density at radius 2 is 1.83 bits per heavy atom. The monoisotopic (exact) mass is 409 g/mol. The summed E-state index contributed by atoms with van der Waals surface area (Å²) in [6, 6.07) is 9.81. The Bertz CT molecular complexity index is 1050. The highest BCUT2D eigenvalue weighted by atomic mass is 19.1. The van der Waals surface area contributed by atoms with E-state index < -0.39 is 11.7 Å². The number of nitrogens with zero attached hydrogens (tertiary/aromatic N) is 3. The highest BCUT2D eigenvalue weighted by molar-refractivity contribution is 5.96. The fourth-order valence-corrected chi connectivity index (χ4v) is 3.03. The minimum atomic E-state index is -0.429. The largest absolute Gasteiger partial charge is 0.350 e. The molecule has 2 heterocycles. The van der Waals surface area contributed by atoms with E-state index in [1.54, 1.807) is 29.9 Å². The van der Waals surface area contributed by atoms with Crippen LogP contribution in [0.2, 0.25) is 0 Å². The molecule has 0 radical (unpaired) electrons. The number of rotatable bonds is 7. The molecule has 0 fully saturated rings. The van der Waals surface area contributed by atoms with Crippen LogP contribution in [0.5, 0.6) is 0 Å². The number of hydrogen-bond acceptors (Lipinski definition) is 4. The molecule has 0 saturated heterocycles. The average molecular weight is 409 g/mol. The molecule has 0 atom stereocenters. The third-order valence-electron chi connectivity index (χ3n) is 4.59. The molecule has 0 aliphatic heterocycles. The molecule has 156 valence electrons. The molecule has 0 aliphatic rings. The van der Waals surface area contributed by atoms with Gasteiger partial charge in [-0.3, -0.25) is 9.59 Å². The zero-order chi connectivity index (χ0) is 21.7. The highest BCUT2D eigenvalue weighted by Gasteiger charge is 2.21. The van der Waals surface area contributed by atoms with Crippen molar-refractivity contribution < 1.29 is 14.0 Å². The summed E-state index contributed by atoms with van der Waals surface area (Å²) in [6.07, 6.45) is 3.19. The van der Waals surface area contributed by atoms with Crippen LogP contribution < -0.4 is 10.6 Å². The van der Waals surface area contributed by atoms with Gasteiger partial charge >= 0.3 is 0 Å². The topological polar surface area (TPSA) is 88.9 Å². The predicted molar refractivity (Wildman–Crippen MR) is 111 cm³/mol. The summed E-state index contributed by atoms with van der Waals surface area (Å²) in [5.74, 6) is -0.420. The Labute approximate surface area is 174 Å². The molecule has 0 saturated carbocycles. The molecule has 3 rings (SSSR count). The highest BCUT2D eigenvalue weighted by Crippen LogP contribution is 2.22. The van der Waals surface area contributed by atoms with Crippen molar-refractivity contribution in [2.24, 2.45) is 0 Å². The summed E-state index contributed by atoms with van der Waals surface area (Å²) in [5.41, 5.74) is 1.93. The predicted octanol–water partition coefficient (Wildman–Crippen LogP) is 3.00. The molecule has 7 nitrogen and oxygen atoms in total. The van der Waals surface area contributed by atoms with Crippen LogP contribution in [0.1, 0.15) is 51.7 Å². The first-order chi connectivity index (χ1) is 14.4. The van der Waals surface area contributed by atoms with E-state index in [9.17, 15) is 14.0 Å². The van der Waals surface area contributed by atoms with Crippen molar-refractivity contribution in [1.82, 2.24) is 25.4 Å². The number of benzene rings is 1. The Morgan fingerprint density at radius 1 is 1.10 bits per heavy atom. The van der Waals surface area contributed by atoms with Gasteiger partial charge in [-0.1, -0.05) is 26.0 Å². The number of halogens is 1. The summed E-state index contributed by atoms with van der Waals surface area (Å²) in [5, 5.41) is 9.78. The van der Waals surface area contributed by atoms with Gasteiger partial charge in [-0.05, 0) is 42.7 Å². The van der Waals surface area contributed by atoms with Crippen molar-refractivity contribution in [3.63, 3.8) is 0 Å². The molecule has 0 bridgehead atoms. The Kier molecular flexibility index (Phi) is 6.56. The van der Waals surface area contributed by atoms with Crippen molar-refractivity contribution in [1.29, 1.82) is 0 Å². The van der Waals surface area contributed by atoms with Crippen LogP contribution in [0.15, 0.2) is 48.8 Å². The molecule has 1 aromatic carbocycles. The standard InChI is InChI=1S/C22H24FN5O2/c1-14(2)20-17(13-27-28(20)19-6-4-5-9-24-19)22(30)26-11-10-25-21(29)16-8-7-15(3)18(23)12-16/h4-9,12-14H,10-11H2,1-3H3,(H,25,29)(H,26,30). The lowest BCUT2D eigenvalue weighted by Crippen LogP contribution is -2.35. The van der Waals surface area contributed by atoms with Gasteiger partial charge < -0.3 is 10.6 Å². The van der Waals surface area contributed by atoms with E-state index in [4.69, 9.17) is 0 Å². The van der Waals surface area contributed by atoms with Gasteiger partial charge in [0.1, 0.15) is 5.82 Å². The van der Waals surface area contributed by atoms with E-state index in [-0.39, 0.29) is 30.5 Å². The number of aryl methyl sites for hydroxylation is 1. The maximum absolute atomic E-state index is 13.6. The second-order valence-electron chi connectivity index (χ2n) is 7.17. The van der Waals surface area contributed by atoms with Crippen molar-refractivity contribution in [3.8, 4) is 5.82 Å². The van der Waals surface area contributed by atoms with Gasteiger partial charge in [-0.2, -0.15) is 5.10 Å². The lowest BCUT2D eigenvalue weighted by Gasteiger charge is -2.12. The SMILES string of the molecule is Cc1ccc(C(=O)NCCNC(=O)c2cnn(-c3ccccn3)c2C(C)C)cc1F. The first kappa shape index (κ1) is 21.2. The van der Waals surface area contributed by atoms with Crippen LogP contribution in [0.4, 0.5) is 4.39 Å². The minimum absolute atomic E-state index is 0.0476. The van der Waals surface area contributed by atoms with Gasteiger partial charge in [-0.15, -0.1) is 0 Å². The van der Waals surface area contributed by atoms with Gasteiger partial charge in [0.15, 0.2) is 5.82 Å². The maximum Gasteiger partial charge on any atom is 0.254 e. The van der Waals surface area contributed by atoms with E-state index in [0.717, 1.165) is 5.69 Å². The lowest BCUT2D eigenvalue weighted by atomic mass is 10.1. The fraction of sp³-hybridized carbons (Fsp3) is 0.273. The third kappa shape index (κ3) is 4.71. The minimum Gasteiger partial charge on any atom is -0.350 e. The van der Waals surface area contributed by atoms with E-state index in [0.29, 0.717) is 16.9 Å². The number of nitrogens with one attached hydrogen (secondary N) is 2. The van der Waals surface area contributed by atoms with E-state index in [1.807, 2.05) is 32.0 Å². The molecule has 30 heavy (non-hydrogen) atoms. The van der Waals surface area contributed by atoms with Crippen LogP contribution in [0.3, 0.4) is 0 Å².